The number of nitrogens with one attached hydrogen (secondary N) is 1. The number of aryl methyl sites for hydroxylation is 2. The van der Waals surface area contributed by atoms with E-state index in [2.05, 4.69) is 5.32 Å². The molecule has 1 saturated heterocycles. The Hall–Kier alpha value is -3.15. The number of hydrogen-bond donors (Lipinski definition) is 1. The molecule has 1 aliphatic carbocycles. The summed E-state index contributed by atoms with van der Waals surface area (Å²) in [4.78, 5) is 41.8. The molecule has 5 rings (SSSR count). The number of imide groups is 1. The Morgan fingerprint density at radius 1 is 0.897 bits per heavy atom. The maximum absolute atomic E-state index is 13.5. The first-order chi connectivity index (χ1) is 14.1. The largest absolute Gasteiger partial charge is 0.325 e. The first-order valence-electron chi connectivity index (χ1n) is 10.2. The third-order valence-corrected chi connectivity index (χ3v) is 6.37. The van der Waals surface area contributed by atoms with Crippen molar-refractivity contribution in [1.29, 1.82) is 0 Å². The maximum Gasteiger partial charge on any atom is 0.325 e. The van der Waals surface area contributed by atoms with Crippen molar-refractivity contribution in [1.82, 2.24) is 10.2 Å². The molecule has 29 heavy (non-hydrogen) atoms. The normalized spacial score (nSPS) is 19.7. The zero-order valence-corrected chi connectivity index (χ0v) is 16.2. The van der Waals surface area contributed by atoms with Crippen LogP contribution in [0.1, 0.15) is 36.8 Å². The zero-order valence-electron chi connectivity index (χ0n) is 16.2. The number of nitrogens with zero attached hydrogens (tertiary/aromatic N) is 2. The fraction of sp³-hybridized carbons (Fsp3) is 0.348. The van der Waals surface area contributed by atoms with Crippen molar-refractivity contribution in [3.05, 3.63) is 59.7 Å². The summed E-state index contributed by atoms with van der Waals surface area (Å²) >= 11 is 0. The van der Waals surface area contributed by atoms with Gasteiger partial charge in [0.1, 0.15) is 12.1 Å². The van der Waals surface area contributed by atoms with Crippen molar-refractivity contribution < 1.29 is 14.4 Å². The van der Waals surface area contributed by atoms with E-state index in [1.165, 1.54) is 0 Å². The van der Waals surface area contributed by atoms with Gasteiger partial charge in [-0.05, 0) is 48.9 Å². The summed E-state index contributed by atoms with van der Waals surface area (Å²) in [6.07, 6.45) is 4.81. The van der Waals surface area contributed by atoms with E-state index in [-0.39, 0.29) is 18.4 Å². The predicted molar refractivity (Wildman–Crippen MR) is 109 cm³/mol. The topological polar surface area (TPSA) is 69.7 Å². The third kappa shape index (κ3) is 2.82. The van der Waals surface area contributed by atoms with Crippen molar-refractivity contribution in [3.8, 4) is 0 Å². The van der Waals surface area contributed by atoms with E-state index in [1.54, 1.807) is 4.90 Å². The van der Waals surface area contributed by atoms with E-state index in [1.807, 2.05) is 48.5 Å². The molecule has 0 atom stereocenters. The molecule has 1 saturated carbocycles. The van der Waals surface area contributed by atoms with Crippen molar-refractivity contribution in [2.24, 2.45) is 0 Å². The van der Waals surface area contributed by atoms with Crippen LogP contribution in [0.25, 0.3) is 0 Å². The Labute approximate surface area is 169 Å². The minimum absolute atomic E-state index is 0.255. The quantitative estimate of drug-likeness (QED) is 0.801. The van der Waals surface area contributed by atoms with Gasteiger partial charge in [0.2, 0.25) is 0 Å². The van der Waals surface area contributed by atoms with Gasteiger partial charge < -0.3 is 5.32 Å². The second-order valence-corrected chi connectivity index (χ2v) is 8.10. The van der Waals surface area contributed by atoms with Crippen LogP contribution in [0.4, 0.5) is 16.2 Å². The van der Waals surface area contributed by atoms with Crippen molar-refractivity contribution in [2.75, 3.05) is 11.4 Å². The first kappa shape index (κ1) is 17.9. The summed E-state index contributed by atoms with van der Waals surface area (Å²) in [7, 11) is 0. The minimum Gasteiger partial charge on any atom is -0.323 e. The van der Waals surface area contributed by atoms with E-state index in [0.29, 0.717) is 12.8 Å². The van der Waals surface area contributed by atoms with Crippen LogP contribution in [0.5, 0.6) is 0 Å². The Kier molecular flexibility index (Phi) is 4.15. The number of carbonyl (C=O) groups is 3. The highest BCUT2D eigenvalue weighted by Gasteiger charge is 2.53. The van der Waals surface area contributed by atoms with Crippen LogP contribution >= 0.6 is 0 Å². The molecule has 2 aromatic rings. The summed E-state index contributed by atoms with van der Waals surface area (Å²) in [6, 6.07) is 15.2. The molecule has 3 aliphatic rings. The summed E-state index contributed by atoms with van der Waals surface area (Å²) in [5, 5.41) is 2.85. The number of carbonyl (C=O) groups excluding carboxylic acids is 3. The molecule has 1 N–H and O–H groups in total. The van der Waals surface area contributed by atoms with Crippen molar-refractivity contribution >= 4 is 29.2 Å². The van der Waals surface area contributed by atoms with Crippen LogP contribution in [0, 0.1) is 0 Å². The summed E-state index contributed by atoms with van der Waals surface area (Å²) in [6.45, 7) is -0.255. The van der Waals surface area contributed by atoms with Gasteiger partial charge in [0.15, 0.2) is 0 Å². The highest BCUT2D eigenvalue weighted by Crippen LogP contribution is 2.38. The number of rotatable bonds is 2. The number of hydrogen-bond acceptors (Lipinski definition) is 3. The molecule has 0 aromatic heterocycles. The SMILES string of the molecule is O=C1NC2(CCCC2)C(=O)N1CC(=O)N1c2ccccc2CCc2ccccc21. The molecule has 6 nitrogen and oxygen atoms in total. The van der Waals surface area contributed by atoms with E-state index in [9.17, 15) is 14.4 Å². The lowest BCUT2D eigenvalue weighted by molar-refractivity contribution is -0.134. The van der Waals surface area contributed by atoms with Gasteiger partial charge in [0, 0.05) is 0 Å². The monoisotopic (exact) mass is 389 g/mol. The number of fused-ring (bicyclic) bond motifs is 2. The lowest BCUT2D eigenvalue weighted by Gasteiger charge is -2.27. The van der Waals surface area contributed by atoms with Crippen molar-refractivity contribution in [2.45, 2.75) is 44.1 Å². The average Bonchev–Trinajstić information content (AvgIpc) is 3.23. The molecule has 148 valence electrons. The standard InChI is InChI=1S/C23H23N3O3/c27-20(15-25-21(28)23(24-22(25)29)13-5-6-14-23)26-18-9-3-1-7-16(18)11-12-17-8-2-4-10-19(17)26/h1-4,7-10H,5-6,11-15H2,(H,24,29). The third-order valence-electron chi connectivity index (χ3n) is 6.37. The van der Waals surface area contributed by atoms with Gasteiger partial charge >= 0.3 is 6.03 Å². The van der Waals surface area contributed by atoms with Crippen LogP contribution < -0.4 is 10.2 Å². The average molecular weight is 389 g/mol. The maximum atomic E-state index is 13.5. The Morgan fingerprint density at radius 3 is 2.03 bits per heavy atom. The van der Waals surface area contributed by atoms with Crippen molar-refractivity contribution in [3.63, 3.8) is 0 Å². The van der Waals surface area contributed by atoms with Gasteiger partial charge in [-0.25, -0.2) is 4.79 Å². The van der Waals surface area contributed by atoms with Gasteiger partial charge in [-0.15, -0.1) is 0 Å². The second-order valence-electron chi connectivity index (χ2n) is 8.10. The zero-order chi connectivity index (χ0) is 20.0. The van der Waals surface area contributed by atoms with E-state index < -0.39 is 11.6 Å². The van der Waals surface area contributed by atoms with E-state index in [0.717, 1.165) is 53.1 Å². The number of benzene rings is 2. The Bertz CT molecular complexity index is 962. The highest BCUT2D eigenvalue weighted by molar-refractivity contribution is 6.12. The van der Waals surface area contributed by atoms with Gasteiger partial charge in [-0.1, -0.05) is 49.2 Å². The number of anilines is 2. The lowest BCUT2D eigenvalue weighted by Crippen LogP contribution is -2.45. The lowest BCUT2D eigenvalue weighted by atomic mass is 9.98. The molecular formula is C23H23N3O3. The number of urea groups is 1. The smallest absolute Gasteiger partial charge is 0.323 e. The molecule has 2 aliphatic heterocycles. The van der Waals surface area contributed by atoms with Gasteiger partial charge in [0.25, 0.3) is 11.8 Å². The summed E-state index contributed by atoms with van der Waals surface area (Å²) in [5.41, 5.74) is 3.02. The molecular weight excluding hydrogens is 366 g/mol. The molecule has 0 radical (unpaired) electrons. The fourth-order valence-corrected chi connectivity index (χ4v) is 4.89. The minimum atomic E-state index is -0.800. The van der Waals surface area contributed by atoms with Crippen LogP contribution in [0.15, 0.2) is 48.5 Å². The van der Waals surface area contributed by atoms with Crippen LogP contribution in [-0.4, -0.2) is 34.8 Å². The molecule has 6 heteroatoms. The molecule has 0 unspecified atom stereocenters. The molecule has 2 aromatic carbocycles. The number of para-hydroxylation sites is 2. The highest BCUT2D eigenvalue weighted by atomic mass is 16.2. The molecule has 0 bridgehead atoms. The summed E-state index contributed by atoms with van der Waals surface area (Å²) in [5.74, 6) is -0.532. The predicted octanol–water partition coefficient (Wildman–Crippen LogP) is 3.31. The van der Waals surface area contributed by atoms with Crippen LogP contribution in [0.3, 0.4) is 0 Å². The molecule has 2 fully saturated rings. The second kappa shape index (κ2) is 6.72. The van der Waals surface area contributed by atoms with Gasteiger partial charge in [0.05, 0.1) is 11.4 Å². The number of amides is 4. The van der Waals surface area contributed by atoms with Crippen LogP contribution in [0.2, 0.25) is 0 Å². The van der Waals surface area contributed by atoms with Gasteiger partial charge in [-0.2, -0.15) is 0 Å². The van der Waals surface area contributed by atoms with E-state index in [4.69, 9.17) is 0 Å². The molecule has 1 spiro atoms. The first-order valence-corrected chi connectivity index (χ1v) is 10.2. The fourth-order valence-electron chi connectivity index (χ4n) is 4.89. The van der Waals surface area contributed by atoms with E-state index >= 15 is 0 Å². The Balaban J connectivity index is 1.50. The summed E-state index contributed by atoms with van der Waals surface area (Å²) < 4.78 is 0. The van der Waals surface area contributed by atoms with Gasteiger partial charge in [-0.3, -0.25) is 19.4 Å². The van der Waals surface area contributed by atoms with Crippen LogP contribution in [-0.2, 0) is 22.4 Å². The molecule has 2 heterocycles. The molecule has 4 amide bonds. The Morgan fingerprint density at radius 2 is 1.45 bits per heavy atom.